The summed E-state index contributed by atoms with van der Waals surface area (Å²) in [4.78, 5) is 2.64. The van der Waals surface area contributed by atoms with Crippen LogP contribution in [-0.2, 0) is 0 Å². The molecule has 1 saturated heterocycles. The standard InChI is InChI=1S/C14H29N.C2H6/c1-12(2)11-15-8-6-13(7-9-15)10-14(3,4)5;1-2/h12-13H,6-11H2,1-5H3;1-2H3. The van der Waals surface area contributed by atoms with Crippen molar-refractivity contribution in [1.82, 2.24) is 4.90 Å². The van der Waals surface area contributed by atoms with Crippen LogP contribution in [0.2, 0.25) is 0 Å². The van der Waals surface area contributed by atoms with Crippen molar-refractivity contribution in [2.75, 3.05) is 19.6 Å². The minimum Gasteiger partial charge on any atom is -0.303 e. The molecule has 1 rings (SSSR count). The van der Waals surface area contributed by atoms with Crippen LogP contribution in [0.15, 0.2) is 0 Å². The van der Waals surface area contributed by atoms with Crippen LogP contribution in [0, 0.1) is 17.3 Å². The molecule has 1 heteroatoms. The van der Waals surface area contributed by atoms with Gasteiger partial charge < -0.3 is 4.90 Å². The van der Waals surface area contributed by atoms with Gasteiger partial charge >= 0.3 is 0 Å². The lowest BCUT2D eigenvalue weighted by Crippen LogP contribution is -2.37. The Kier molecular flexibility index (Phi) is 8.11. The maximum Gasteiger partial charge on any atom is 0.000439 e. The maximum absolute atomic E-state index is 2.64. The zero-order valence-electron chi connectivity index (χ0n) is 13.3. The Morgan fingerprint density at radius 1 is 1.06 bits per heavy atom. The maximum atomic E-state index is 2.64. The van der Waals surface area contributed by atoms with Crippen molar-refractivity contribution >= 4 is 0 Å². The Bertz CT molecular complexity index is 170. The molecule has 0 bridgehead atoms. The molecule has 0 radical (unpaired) electrons. The normalized spacial score (nSPS) is 19.1. The zero-order chi connectivity index (χ0) is 13.5. The molecule has 0 N–H and O–H groups in total. The first-order chi connectivity index (χ1) is 7.87. The SMILES string of the molecule is CC.CC(C)CN1CCC(CC(C)(C)C)CC1. The Morgan fingerprint density at radius 2 is 1.53 bits per heavy atom. The fourth-order valence-corrected chi connectivity index (χ4v) is 2.76. The van der Waals surface area contributed by atoms with Crippen molar-refractivity contribution in [3.05, 3.63) is 0 Å². The van der Waals surface area contributed by atoms with E-state index in [9.17, 15) is 0 Å². The molecule has 17 heavy (non-hydrogen) atoms. The smallest absolute Gasteiger partial charge is 0.000439 e. The van der Waals surface area contributed by atoms with Crippen molar-refractivity contribution in [3.8, 4) is 0 Å². The monoisotopic (exact) mass is 241 g/mol. The van der Waals surface area contributed by atoms with Crippen LogP contribution >= 0.6 is 0 Å². The molecule has 0 saturated carbocycles. The summed E-state index contributed by atoms with van der Waals surface area (Å²) in [5, 5.41) is 0. The average molecular weight is 241 g/mol. The van der Waals surface area contributed by atoms with E-state index in [2.05, 4.69) is 39.5 Å². The van der Waals surface area contributed by atoms with Gasteiger partial charge in [0, 0.05) is 6.54 Å². The third kappa shape index (κ3) is 8.65. The molecule has 0 aromatic rings. The summed E-state index contributed by atoms with van der Waals surface area (Å²) >= 11 is 0. The Balaban J connectivity index is 0.00000121. The van der Waals surface area contributed by atoms with Gasteiger partial charge in [-0.05, 0) is 49.6 Å². The van der Waals surface area contributed by atoms with E-state index in [0.717, 1.165) is 11.8 Å². The van der Waals surface area contributed by atoms with Gasteiger partial charge in [0.25, 0.3) is 0 Å². The lowest BCUT2D eigenvalue weighted by atomic mass is 9.80. The van der Waals surface area contributed by atoms with Crippen LogP contribution in [0.3, 0.4) is 0 Å². The van der Waals surface area contributed by atoms with Crippen molar-refractivity contribution in [1.29, 1.82) is 0 Å². The predicted octanol–water partition coefficient (Wildman–Crippen LogP) is 4.82. The summed E-state index contributed by atoms with van der Waals surface area (Å²) < 4.78 is 0. The van der Waals surface area contributed by atoms with Gasteiger partial charge in [-0.15, -0.1) is 0 Å². The zero-order valence-corrected chi connectivity index (χ0v) is 13.3. The molecule has 1 heterocycles. The second-order valence-corrected chi connectivity index (χ2v) is 6.90. The van der Waals surface area contributed by atoms with E-state index >= 15 is 0 Å². The summed E-state index contributed by atoms with van der Waals surface area (Å²) in [6, 6.07) is 0. The summed E-state index contributed by atoms with van der Waals surface area (Å²) in [5.41, 5.74) is 0.519. The second-order valence-electron chi connectivity index (χ2n) is 6.90. The Morgan fingerprint density at radius 3 is 1.88 bits per heavy atom. The lowest BCUT2D eigenvalue weighted by Gasteiger charge is -2.35. The fraction of sp³-hybridized carbons (Fsp3) is 1.00. The number of hydrogen-bond donors (Lipinski definition) is 0. The van der Waals surface area contributed by atoms with E-state index in [-0.39, 0.29) is 0 Å². The van der Waals surface area contributed by atoms with Crippen molar-refractivity contribution in [3.63, 3.8) is 0 Å². The van der Waals surface area contributed by atoms with Crippen LogP contribution in [0.25, 0.3) is 0 Å². The fourth-order valence-electron chi connectivity index (χ4n) is 2.76. The van der Waals surface area contributed by atoms with Crippen molar-refractivity contribution in [2.24, 2.45) is 17.3 Å². The molecule has 1 aliphatic rings. The molecule has 0 aromatic carbocycles. The third-order valence-corrected chi connectivity index (χ3v) is 3.23. The van der Waals surface area contributed by atoms with Crippen LogP contribution in [0.4, 0.5) is 0 Å². The van der Waals surface area contributed by atoms with E-state index in [1.54, 1.807) is 0 Å². The van der Waals surface area contributed by atoms with Gasteiger partial charge in [0.1, 0.15) is 0 Å². The highest BCUT2D eigenvalue weighted by atomic mass is 15.1. The van der Waals surface area contributed by atoms with E-state index in [0.29, 0.717) is 5.41 Å². The molecule has 0 spiro atoms. The summed E-state index contributed by atoms with van der Waals surface area (Å²) in [6.07, 6.45) is 4.25. The highest BCUT2D eigenvalue weighted by Crippen LogP contribution is 2.30. The molecule has 1 fully saturated rings. The van der Waals surface area contributed by atoms with Gasteiger partial charge in [-0.1, -0.05) is 48.5 Å². The number of nitrogens with zero attached hydrogens (tertiary/aromatic N) is 1. The molecule has 0 aromatic heterocycles. The van der Waals surface area contributed by atoms with Crippen molar-refractivity contribution < 1.29 is 0 Å². The van der Waals surface area contributed by atoms with Gasteiger partial charge in [0.15, 0.2) is 0 Å². The van der Waals surface area contributed by atoms with E-state index in [1.807, 2.05) is 13.8 Å². The van der Waals surface area contributed by atoms with Crippen molar-refractivity contribution in [2.45, 2.75) is 67.7 Å². The lowest BCUT2D eigenvalue weighted by molar-refractivity contribution is 0.141. The molecule has 1 aliphatic heterocycles. The summed E-state index contributed by atoms with van der Waals surface area (Å²) in [5.74, 6) is 1.80. The largest absolute Gasteiger partial charge is 0.303 e. The van der Waals surface area contributed by atoms with E-state index in [4.69, 9.17) is 0 Å². The first-order valence-electron chi connectivity index (χ1n) is 7.59. The van der Waals surface area contributed by atoms with Gasteiger partial charge in [-0.3, -0.25) is 0 Å². The Labute approximate surface area is 110 Å². The number of rotatable bonds is 3. The minimum atomic E-state index is 0.519. The van der Waals surface area contributed by atoms with Gasteiger partial charge in [0.2, 0.25) is 0 Å². The third-order valence-electron chi connectivity index (χ3n) is 3.23. The van der Waals surface area contributed by atoms with E-state index < -0.39 is 0 Å². The van der Waals surface area contributed by atoms with Crippen LogP contribution in [0.5, 0.6) is 0 Å². The number of piperidine rings is 1. The first kappa shape index (κ1) is 17.0. The summed E-state index contributed by atoms with van der Waals surface area (Å²) in [6.45, 7) is 19.7. The van der Waals surface area contributed by atoms with Gasteiger partial charge in [-0.2, -0.15) is 0 Å². The van der Waals surface area contributed by atoms with Crippen LogP contribution in [-0.4, -0.2) is 24.5 Å². The highest BCUT2D eigenvalue weighted by molar-refractivity contribution is 4.76. The first-order valence-corrected chi connectivity index (χ1v) is 7.59. The molecule has 0 atom stereocenters. The van der Waals surface area contributed by atoms with E-state index in [1.165, 1.54) is 38.9 Å². The Hall–Kier alpha value is -0.0400. The molecule has 0 aliphatic carbocycles. The highest BCUT2D eigenvalue weighted by Gasteiger charge is 2.23. The van der Waals surface area contributed by atoms with Gasteiger partial charge in [-0.25, -0.2) is 0 Å². The molecule has 0 unspecified atom stereocenters. The molecular weight excluding hydrogens is 206 g/mol. The molecule has 1 nitrogen and oxygen atoms in total. The van der Waals surface area contributed by atoms with Gasteiger partial charge in [0.05, 0.1) is 0 Å². The quantitative estimate of drug-likeness (QED) is 0.685. The molecule has 0 amide bonds. The molecular formula is C16H35N. The topological polar surface area (TPSA) is 3.24 Å². The minimum absolute atomic E-state index is 0.519. The number of likely N-dealkylation sites (tertiary alicyclic amines) is 1. The predicted molar refractivity (Wildman–Crippen MR) is 79.4 cm³/mol. The molecule has 104 valence electrons. The number of hydrogen-bond acceptors (Lipinski definition) is 1. The second kappa shape index (κ2) is 8.13. The van der Waals surface area contributed by atoms with Crippen LogP contribution < -0.4 is 0 Å². The average Bonchev–Trinajstić information content (AvgIpc) is 2.21. The van der Waals surface area contributed by atoms with Crippen LogP contribution in [0.1, 0.15) is 67.7 Å². The summed E-state index contributed by atoms with van der Waals surface area (Å²) in [7, 11) is 0.